The van der Waals surface area contributed by atoms with Gasteiger partial charge in [0.1, 0.15) is 0 Å². The summed E-state index contributed by atoms with van der Waals surface area (Å²) in [5, 5.41) is 0. The van der Waals surface area contributed by atoms with Gasteiger partial charge in [-0.3, -0.25) is 0 Å². The lowest BCUT2D eigenvalue weighted by atomic mass is 9.77. The van der Waals surface area contributed by atoms with Gasteiger partial charge in [0.25, 0.3) is 0 Å². The maximum absolute atomic E-state index is 6.52. The van der Waals surface area contributed by atoms with Gasteiger partial charge in [0.15, 0.2) is 0 Å². The van der Waals surface area contributed by atoms with Crippen LogP contribution >= 0.6 is 43.2 Å². The molecule has 2 aliphatic heterocycles. The Morgan fingerprint density at radius 1 is 1.30 bits per heavy atom. The molecule has 3 heterocycles. The van der Waals surface area contributed by atoms with Crippen molar-refractivity contribution in [2.75, 3.05) is 19.8 Å². The fourth-order valence-electron chi connectivity index (χ4n) is 3.22. The minimum Gasteiger partial charge on any atom is -0.381 e. The van der Waals surface area contributed by atoms with E-state index in [1.807, 2.05) is 0 Å². The van der Waals surface area contributed by atoms with Gasteiger partial charge in [-0.25, -0.2) is 0 Å². The molecule has 1 aromatic rings. The first kappa shape index (κ1) is 15.4. The number of hydrogen-bond donors (Lipinski definition) is 1. The zero-order valence-electron chi connectivity index (χ0n) is 11.2. The highest BCUT2D eigenvalue weighted by Gasteiger charge is 2.41. The Morgan fingerprint density at radius 2 is 2.05 bits per heavy atom. The van der Waals surface area contributed by atoms with E-state index in [0.29, 0.717) is 5.92 Å². The zero-order valence-corrected chi connectivity index (χ0v) is 15.2. The average Bonchev–Trinajstić information content (AvgIpc) is 2.79. The van der Waals surface area contributed by atoms with Gasteiger partial charge in [0.05, 0.1) is 9.39 Å². The van der Waals surface area contributed by atoms with Crippen LogP contribution in [0.25, 0.3) is 0 Å². The van der Waals surface area contributed by atoms with Crippen LogP contribution in [-0.4, -0.2) is 25.4 Å². The molecule has 2 saturated heterocycles. The van der Waals surface area contributed by atoms with E-state index in [9.17, 15) is 0 Å². The van der Waals surface area contributed by atoms with Crippen molar-refractivity contribution < 1.29 is 9.47 Å². The van der Waals surface area contributed by atoms with Gasteiger partial charge in [0.2, 0.25) is 0 Å². The highest BCUT2D eigenvalue weighted by Crippen LogP contribution is 2.44. The second-order valence-corrected chi connectivity index (χ2v) is 8.95. The Morgan fingerprint density at radius 3 is 2.70 bits per heavy atom. The standard InChI is InChI=1S/C14H19Br2NO2S/c15-10-7-11(20-13(10)16)12(17)9-1-4-19-14(8-9)2-5-18-6-3-14/h7,9,12H,1-6,8,17H2. The van der Waals surface area contributed by atoms with E-state index < -0.39 is 0 Å². The summed E-state index contributed by atoms with van der Waals surface area (Å²) in [6.07, 6.45) is 4.13. The first-order valence-corrected chi connectivity index (χ1v) is 9.42. The van der Waals surface area contributed by atoms with Crippen LogP contribution in [0.15, 0.2) is 14.3 Å². The maximum atomic E-state index is 6.52. The normalized spacial score (nSPS) is 27.6. The number of nitrogens with two attached hydrogens (primary N) is 1. The largest absolute Gasteiger partial charge is 0.381 e. The van der Waals surface area contributed by atoms with Gasteiger partial charge >= 0.3 is 0 Å². The van der Waals surface area contributed by atoms with Crippen LogP contribution < -0.4 is 5.73 Å². The van der Waals surface area contributed by atoms with Crippen molar-refractivity contribution in [2.24, 2.45) is 11.7 Å². The van der Waals surface area contributed by atoms with Crippen molar-refractivity contribution in [3.8, 4) is 0 Å². The molecule has 2 unspecified atom stereocenters. The molecule has 2 N–H and O–H groups in total. The third-order valence-corrected chi connectivity index (χ3v) is 7.79. The Kier molecular flexibility index (Phi) is 4.90. The summed E-state index contributed by atoms with van der Waals surface area (Å²) >= 11 is 8.83. The van der Waals surface area contributed by atoms with Crippen molar-refractivity contribution in [3.63, 3.8) is 0 Å². The molecule has 6 heteroatoms. The van der Waals surface area contributed by atoms with Gasteiger partial charge in [-0.15, -0.1) is 11.3 Å². The molecular formula is C14H19Br2NO2S. The summed E-state index contributed by atoms with van der Waals surface area (Å²) in [6.45, 7) is 2.46. The molecule has 3 rings (SSSR count). The predicted octanol–water partition coefficient (Wildman–Crippen LogP) is 4.25. The van der Waals surface area contributed by atoms with Gasteiger partial charge < -0.3 is 15.2 Å². The molecule has 3 nitrogen and oxygen atoms in total. The lowest BCUT2D eigenvalue weighted by molar-refractivity contribution is -0.149. The highest BCUT2D eigenvalue weighted by molar-refractivity contribution is 9.13. The van der Waals surface area contributed by atoms with Gasteiger partial charge in [-0.2, -0.15) is 0 Å². The molecule has 0 amide bonds. The second-order valence-electron chi connectivity index (χ2n) is 5.69. The molecule has 0 aliphatic carbocycles. The van der Waals surface area contributed by atoms with Crippen LogP contribution in [-0.2, 0) is 9.47 Å². The van der Waals surface area contributed by atoms with Crippen molar-refractivity contribution in [3.05, 3.63) is 19.2 Å². The first-order chi connectivity index (χ1) is 9.60. The maximum Gasteiger partial charge on any atom is 0.0843 e. The molecule has 20 heavy (non-hydrogen) atoms. The topological polar surface area (TPSA) is 44.5 Å². The van der Waals surface area contributed by atoms with Crippen LogP contribution in [0.5, 0.6) is 0 Å². The molecule has 2 aliphatic rings. The Bertz CT molecular complexity index is 449. The number of thiophene rings is 1. The minimum atomic E-state index is 0.0184. The summed E-state index contributed by atoms with van der Waals surface area (Å²) in [7, 11) is 0. The monoisotopic (exact) mass is 423 g/mol. The zero-order chi connectivity index (χ0) is 14.2. The fourth-order valence-corrected chi connectivity index (χ4v) is 5.41. The van der Waals surface area contributed by atoms with Crippen LogP contribution in [0, 0.1) is 5.92 Å². The van der Waals surface area contributed by atoms with Gasteiger partial charge in [-0.1, -0.05) is 0 Å². The molecule has 1 aromatic heterocycles. The summed E-state index contributed by atoms with van der Waals surface area (Å²) in [5.41, 5.74) is 6.54. The molecular weight excluding hydrogens is 406 g/mol. The van der Waals surface area contributed by atoms with Crippen LogP contribution in [0.4, 0.5) is 0 Å². The van der Waals surface area contributed by atoms with Crippen LogP contribution in [0.3, 0.4) is 0 Å². The summed E-state index contributed by atoms with van der Waals surface area (Å²) in [5.74, 6) is 0.499. The molecule has 0 radical (unpaired) electrons. The predicted molar refractivity (Wildman–Crippen MR) is 88.1 cm³/mol. The van der Waals surface area contributed by atoms with E-state index in [1.165, 1.54) is 4.88 Å². The molecule has 0 bridgehead atoms. The van der Waals surface area contributed by atoms with Crippen molar-refractivity contribution in [1.82, 2.24) is 0 Å². The van der Waals surface area contributed by atoms with Crippen molar-refractivity contribution in [2.45, 2.75) is 37.3 Å². The smallest absolute Gasteiger partial charge is 0.0843 e. The number of ether oxygens (including phenoxy) is 2. The fraction of sp³-hybridized carbons (Fsp3) is 0.714. The Hall–Kier alpha value is 0.540. The third kappa shape index (κ3) is 3.15. The van der Waals surface area contributed by atoms with Gasteiger partial charge in [0, 0.05) is 35.2 Å². The SMILES string of the molecule is NC(c1cc(Br)c(Br)s1)C1CCOC2(CCOCC2)C1. The molecule has 2 atom stereocenters. The van der Waals surface area contributed by atoms with E-state index in [2.05, 4.69) is 37.9 Å². The van der Waals surface area contributed by atoms with Crippen LogP contribution in [0.2, 0.25) is 0 Å². The summed E-state index contributed by atoms with van der Waals surface area (Å²) < 4.78 is 13.8. The lowest BCUT2D eigenvalue weighted by Crippen LogP contribution is -2.46. The van der Waals surface area contributed by atoms with Crippen LogP contribution in [0.1, 0.15) is 36.6 Å². The van der Waals surface area contributed by atoms with E-state index in [4.69, 9.17) is 15.2 Å². The summed E-state index contributed by atoms with van der Waals surface area (Å²) in [6, 6.07) is 2.25. The van der Waals surface area contributed by atoms with E-state index in [1.54, 1.807) is 11.3 Å². The Balaban J connectivity index is 1.72. The van der Waals surface area contributed by atoms with E-state index >= 15 is 0 Å². The first-order valence-electron chi connectivity index (χ1n) is 7.02. The van der Waals surface area contributed by atoms with Crippen molar-refractivity contribution in [1.29, 1.82) is 0 Å². The third-order valence-electron chi connectivity index (χ3n) is 4.44. The molecule has 1 spiro atoms. The second kappa shape index (κ2) is 6.34. The quantitative estimate of drug-likeness (QED) is 0.771. The molecule has 2 fully saturated rings. The molecule has 0 saturated carbocycles. The molecule has 112 valence electrons. The number of rotatable bonds is 2. The van der Waals surface area contributed by atoms with E-state index in [-0.39, 0.29) is 11.6 Å². The van der Waals surface area contributed by atoms with E-state index in [0.717, 1.165) is 53.8 Å². The van der Waals surface area contributed by atoms with Gasteiger partial charge in [-0.05, 0) is 69.5 Å². The minimum absolute atomic E-state index is 0.0184. The highest BCUT2D eigenvalue weighted by atomic mass is 79.9. The van der Waals surface area contributed by atoms with Crippen molar-refractivity contribution >= 4 is 43.2 Å². The Labute approximate surface area is 140 Å². The number of hydrogen-bond acceptors (Lipinski definition) is 4. The molecule has 0 aromatic carbocycles. The number of halogens is 2. The lowest BCUT2D eigenvalue weighted by Gasteiger charge is -2.44. The average molecular weight is 425 g/mol. The summed E-state index contributed by atoms with van der Waals surface area (Å²) in [4.78, 5) is 1.25.